The van der Waals surface area contributed by atoms with Gasteiger partial charge in [0.2, 0.25) is 0 Å². The number of phenols is 1. The van der Waals surface area contributed by atoms with Crippen LogP contribution in [0.1, 0.15) is 18.4 Å². The molecule has 2 N–H and O–H groups in total. The van der Waals surface area contributed by atoms with Crippen molar-refractivity contribution in [3.63, 3.8) is 0 Å². The molecule has 4 nitrogen and oxygen atoms in total. The van der Waals surface area contributed by atoms with E-state index in [1.54, 1.807) is 0 Å². The second kappa shape index (κ2) is 4.16. The Balaban J connectivity index is 3.25. The number of phenolic OH excluding ortho intramolecular Hbond substituents is 1. The maximum Gasteiger partial charge on any atom is 0.310 e. The number of hydrogen-bond donors (Lipinski definition) is 2. The molecular weight excluding hydrogens is 203 g/mol. The van der Waals surface area contributed by atoms with Crippen LogP contribution in [0.15, 0.2) is 12.1 Å². The summed E-state index contributed by atoms with van der Waals surface area (Å²) in [5.74, 6) is -3.36. The monoisotopic (exact) mass is 214 g/mol. The second-order valence-electron chi connectivity index (χ2n) is 3.10. The van der Waals surface area contributed by atoms with Crippen LogP contribution in [0.4, 0.5) is 4.39 Å². The summed E-state index contributed by atoms with van der Waals surface area (Å²) in [6.45, 7) is 1.30. The van der Waals surface area contributed by atoms with Crippen molar-refractivity contribution in [3.8, 4) is 11.5 Å². The van der Waals surface area contributed by atoms with Crippen LogP contribution in [0, 0.1) is 5.82 Å². The third kappa shape index (κ3) is 2.18. The number of aromatic hydroxyl groups is 1. The molecule has 5 heteroatoms. The van der Waals surface area contributed by atoms with E-state index >= 15 is 0 Å². The standard InChI is InChI=1S/C10H11FO4/c1-5(10(13)14)9-7(11)3-6(15-2)4-8(9)12/h3-5,12H,1-2H3,(H,13,14). The van der Waals surface area contributed by atoms with Crippen molar-refractivity contribution < 1.29 is 24.1 Å². The minimum atomic E-state index is -1.20. The van der Waals surface area contributed by atoms with Gasteiger partial charge in [0, 0.05) is 17.7 Å². The molecule has 82 valence electrons. The number of methoxy groups -OCH3 is 1. The highest BCUT2D eigenvalue weighted by Gasteiger charge is 2.22. The van der Waals surface area contributed by atoms with Gasteiger partial charge in [0.05, 0.1) is 13.0 Å². The van der Waals surface area contributed by atoms with E-state index in [4.69, 9.17) is 9.84 Å². The summed E-state index contributed by atoms with van der Waals surface area (Å²) in [4.78, 5) is 10.6. The number of carboxylic acids is 1. The van der Waals surface area contributed by atoms with Crippen molar-refractivity contribution in [2.24, 2.45) is 0 Å². The first kappa shape index (κ1) is 11.3. The highest BCUT2D eigenvalue weighted by atomic mass is 19.1. The van der Waals surface area contributed by atoms with Gasteiger partial charge in [-0.1, -0.05) is 0 Å². The Labute approximate surface area is 85.9 Å². The van der Waals surface area contributed by atoms with Gasteiger partial charge < -0.3 is 14.9 Å². The van der Waals surface area contributed by atoms with Gasteiger partial charge in [0.25, 0.3) is 0 Å². The first-order chi connectivity index (χ1) is 6.97. The Hall–Kier alpha value is -1.78. The zero-order valence-electron chi connectivity index (χ0n) is 8.32. The number of halogens is 1. The van der Waals surface area contributed by atoms with Gasteiger partial charge in [-0.25, -0.2) is 4.39 Å². The molecule has 0 saturated heterocycles. The zero-order chi connectivity index (χ0) is 11.6. The van der Waals surface area contributed by atoms with Crippen LogP contribution in [0.3, 0.4) is 0 Å². The first-order valence-electron chi connectivity index (χ1n) is 4.26. The second-order valence-corrected chi connectivity index (χ2v) is 3.10. The molecule has 1 atom stereocenters. The van der Waals surface area contributed by atoms with Gasteiger partial charge in [-0.15, -0.1) is 0 Å². The Morgan fingerprint density at radius 2 is 2.13 bits per heavy atom. The SMILES string of the molecule is COc1cc(O)c(C(C)C(=O)O)c(F)c1. The molecule has 0 bridgehead atoms. The molecule has 0 radical (unpaired) electrons. The molecule has 0 aliphatic heterocycles. The van der Waals surface area contributed by atoms with Crippen LogP contribution in [-0.2, 0) is 4.79 Å². The van der Waals surface area contributed by atoms with Crippen LogP contribution < -0.4 is 4.74 Å². The van der Waals surface area contributed by atoms with E-state index < -0.39 is 23.5 Å². The molecule has 1 aromatic carbocycles. The molecule has 0 heterocycles. The van der Waals surface area contributed by atoms with E-state index in [-0.39, 0.29) is 11.3 Å². The fourth-order valence-electron chi connectivity index (χ4n) is 1.25. The van der Waals surface area contributed by atoms with Gasteiger partial charge in [0.1, 0.15) is 17.3 Å². The summed E-state index contributed by atoms with van der Waals surface area (Å²) in [6, 6.07) is 2.21. The number of carbonyl (C=O) groups is 1. The first-order valence-corrected chi connectivity index (χ1v) is 4.26. The van der Waals surface area contributed by atoms with E-state index in [0.29, 0.717) is 0 Å². The maximum atomic E-state index is 13.4. The van der Waals surface area contributed by atoms with Crippen LogP contribution >= 0.6 is 0 Å². The summed E-state index contributed by atoms with van der Waals surface area (Å²) >= 11 is 0. The van der Waals surface area contributed by atoms with E-state index in [1.165, 1.54) is 20.1 Å². The van der Waals surface area contributed by atoms with Crippen molar-refractivity contribution in [2.75, 3.05) is 7.11 Å². The van der Waals surface area contributed by atoms with Gasteiger partial charge in [-0.05, 0) is 6.92 Å². The van der Waals surface area contributed by atoms with Crippen LogP contribution in [-0.4, -0.2) is 23.3 Å². The summed E-state index contributed by atoms with van der Waals surface area (Å²) in [5.41, 5.74) is -0.233. The third-order valence-electron chi connectivity index (χ3n) is 2.12. The molecule has 15 heavy (non-hydrogen) atoms. The van der Waals surface area contributed by atoms with E-state index in [1.807, 2.05) is 0 Å². The number of aliphatic carboxylic acids is 1. The van der Waals surface area contributed by atoms with Gasteiger partial charge in [-0.2, -0.15) is 0 Å². The smallest absolute Gasteiger partial charge is 0.310 e. The molecular formula is C10H11FO4. The minimum Gasteiger partial charge on any atom is -0.507 e. The van der Waals surface area contributed by atoms with Crippen molar-refractivity contribution in [3.05, 3.63) is 23.5 Å². The van der Waals surface area contributed by atoms with Crippen LogP contribution in [0.5, 0.6) is 11.5 Å². The van der Waals surface area contributed by atoms with Gasteiger partial charge in [0.15, 0.2) is 0 Å². The van der Waals surface area contributed by atoms with Crippen molar-refractivity contribution in [2.45, 2.75) is 12.8 Å². The Morgan fingerprint density at radius 1 is 1.53 bits per heavy atom. The van der Waals surface area contributed by atoms with Crippen molar-refractivity contribution >= 4 is 5.97 Å². The molecule has 1 unspecified atom stereocenters. The van der Waals surface area contributed by atoms with E-state index in [0.717, 1.165) is 6.07 Å². The summed E-state index contributed by atoms with van der Waals surface area (Å²) in [6.07, 6.45) is 0. The van der Waals surface area contributed by atoms with Crippen LogP contribution in [0.2, 0.25) is 0 Å². The minimum absolute atomic E-state index is 0.145. The van der Waals surface area contributed by atoms with Crippen molar-refractivity contribution in [1.82, 2.24) is 0 Å². The fraction of sp³-hybridized carbons (Fsp3) is 0.300. The largest absolute Gasteiger partial charge is 0.507 e. The maximum absolute atomic E-state index is 13.4. The lowest BCUT2D eigenvalue weighted by molar-refractivity contribution is -0.138. The zero-order valence-corrected chi connectivity index (χ0v) is 8.32. The quantitative estimate of drug-likeness (QED) is 0.804. The van der Waals surface area contributed by atoms with Crippen molar-refractivity contribution in [1.29, 1.82) is 0 Å². The molecule has 0 saturated carbocycles. The number of carboxylic acid groups (broad SMARTS) is 1. The molecule has 1 rings (SSSR count). The molecule has 1 aromatic rings. The van der Waals surface area contributed by atoms with E-state index in [9.17, 15) is 14.3 Å². The predicted molar refractivity (Wildman–Crippen MR) is 50.7 cm³/mol. The molecule has 0 aliphatic rings. The number of hydrogen-bond acceptors (Lipinski definition) is 3. The molecule has 0 aromatic heterocycles. The highest BCUT2D eigenvalue weighted by molar-refractivity contribution is 5.76. The molecule has 0 spiro atoms. The lowest BCUT2D eigenvalue weighted by atomic mass is 9.99. The topological polar surface area (TPSA) is 66.8 Å². The number of rotatable bonds is 3. The predicted octanol–water partition coefficient (Wildman–Crippen LogP) is 1.73. The Kier molecular flexibility index (Phi) is 3.14. The molecule has 0 fully saturated rings. The summed E-state index contributed by atoms with van der Waals surface area (Å²) in [5, 5.41) is 18.1. The summed E-state index contributed by atoms with van der Waals surface area (Å²) < 4.78 is 18.1. The Morgan fingerprint density at radius 3 is 2.53 bits per heavy atom. The average Bonchev–Trinajstić information content (AvgIpc) is 2.16. The van der Waals surface area contributed by atoms with Crippen LogP contribution in [0.25, 0.3) is 0 Å². The highest BCUT2D eigenvalue weighted by Crippen LogP contribution is 2.32. The fourth-order valence-corrected chi connectivity index (χ4v) is 1.25. The Bertz CT molecular complexity index is 366. The molecule has 0 aliphatic carbocycles. The number of ether oxygens (including phenoxy) is 1. The third-order valence-corrected chi connectivity index (χ3v) is 2.12. The van der Waals surface area contributed by atoms with E-state index in [2.05, 4.69) is 0 Å². The lowest BCUT2D eigenvalue weighted by Crippen LogP contribution is -2.09. The van der Waals surface area contributed by atoms with Gasteiger partial charge >= 0.3 is 5.97 Å². The molecule has 0 amide bonds. The summed E-state index contributed by atoms with van der Waals surface area (Å²) in [7, 11) is 1.33. The average molecular weight is 214 g/mol. The number of benzene rings is 1. The lowest BCUT2D eigenvalue weighted by Gasteiger charge is -2.11. The van der Waals surface area contributed by atoms with Gasteiger partial charge in [-0.3, -0.25) is 4.79 Å². The normalized spacial score (nSPS) is 12.2.